The van der Waals surface area contributed by atoms with E-state index in [1.807, 2.05) is 66.7 Å². The zero-order valence-electron chi connectivity index (χ0n) is 24.9. The van der Waals surface area contributed by atoms with E-state index in [9.17, 15) is 0 Å². The molecule has 5 heteroatoms. The molecule has 5 nitrogen and oxygen atoms in total. The van der Waals surface area contributed by atoms with Gasteiger partial charge < -0.3 is 18.3 Å². The van der Waals surface area contributed by atoms with Crippen molar-refractivity contribution in [2.75, 3.05) is 4.90 Å². The van der Waals surface area contributed by atoms with E-state index in [4.69, 9.17) is 18.3 Å². The molecule has 0 unspecified atom stereocenters. The van der Waals surface area contributed by atoms with E-state index in [1.165, 1.54) is 0 Å². The molecule has 0 fully saturated rings. The van der Waals surface area contributed by atoms with Gasteiger partial charge >= 0.3 is 0 Å². The average Bonchev–Trinajstić information content (AvgIpc) is 3.70. The van der Waals surface area contributed by atoms with Gasteiger partial charge in [-0.2, -0.15) is 0 Å². The number of hydrogen-bond donors (Lipinski definition) is 0. The lowest BCUT2D eigenvalue weighted by Gasteiger charge is -2.38. The van der Waals surface area contributed by atoms with Crippen molar-refractivity contribution in [3.8, 4) is 45.3 Å². The molecule has 2 aliphatic rings. The summed E-state index contributed by atoms with van der Waals surface area (Å²) in [5.74, 6) is 3.07. The van der Waals surface area contributed by atoms with Gasteiger partial charge in [-0.05, 0) is 82.9 Å². The highest BCUT2D eigenvalue weighted by molar-refractivity contribution is 6.14. The second-order valence-corrected chi connectivity index (χ2v) is 12.1. The van der Waals surface area contributed by atoms with Crippen LogP contribution in [0.15, 0.2) is 148 Å². The Kier molecular flexibility index (Phi) is 4.78. The third kappa shape index (κ3) is 3.43. The molecule has 0 atom stereocenters. The van der Waals surface area contributed by atoms with Crippen LogP contribution in [0.1, 0.15) is 0 Å². The number of rotatable bonds is 2. The van der Waals surface area contributed by atoms with Crippen LogP contribution in [0, 0.1) is 0 Å². The Morgan fingerprint density at radius 1 is 0.383 bits per heavy atom. The van der Waals surface area contributed by atoms with E-state index in [2.05, 4.69) is 77.7 Å². The quantitative estimate of drug-likeness (QED) is 0.196. The Morgan fingerprint density at radius 3 is 1.38 bits per heavy atom. The van der Waals surface area contributed by atoms with Crippen molar-refractivity contribution >= 4 is 60.9 Å². The second kappa shape index (κ2) is 9.05. The van der Waals surface area contributed by atoms with Crippen LogP contribution >= 0.6 is 0 Å². The minimum absolute atomic E-state index is 0.753. The number of anilines is 3. The molecule has 7 aromatic carbocycles. The second-order valence-electron chi connectivity index (χ2n) is 12.1. The fourth-order valence-electron chi connectivity index (χ4n) is 7.42. The van der Waals surface area contributed by atoms with Crippen molar-refractivity contribution in [3.05, 3.63) is 140 Å². The molecule has 2 aromatic heterocycles. The summed E-state index contributed by atoms with van der Waals surface area (Å²) in [7, 11) is 0. The summed E-state index contributed by atoms with van der Waals surface area (Å²) >= 11 is 0. The summed E-state index contributed by atoms with van der Waals surface area (Å²) in [6.45, 7) is 0. The zero-order chi connectivity index (χ0) is 30.6. The minimum Gasteiger partial charge on any atom is -0.456 e. The highest BCUT2D eigenvalue weighted by atomic mass is 16.5. The van der Waals surface area contributed by atoms with Crippen LogP contribution in [0.4, 0.5) is 17.1 Å². The van der Waals surface area contributed by atoms with Crippen molar-refractivity contribution in [2.45, 2.75) is 0 Å². The monoisotopic (exact) mass is 605 g/mol. The topological polar surface area (TPSA) is 48.0 Å². The van der Waals surface area contributed by atoms with Gasteiger partial charge in [-0.25, -0.2) is 0 Å². The predicted octanol–water partition coefficient (Wildman–Crippen LogP) is 12.5. The summed E-state index contributed by atoms with van der Waals surface area (Å²) in [6.07, 6.45) is 0. The molecular weight excluding hydrogens is 582 g/mol. The lowest BCUT2D eigenvalue weighted by atomic mass is 9.97. The van der Waals surface area contributed by atoms with Gasteiger partial charge in [-0.3, -0.25) is 4.90 Å². The molecule has 0 saturated heterocycles. The standard InChI is InChI=1S/C42H23NO4/c1-3-12-32-28(8-1)40-26(10-5-14-34(40)44-32)24-18-20-30-38(22-24)46-36-16-7-17-37-42(36)43(30)31-21-19-25(23-39(31)47-37)27-11-6-15-35-41(27)29-9-2-4-13-33(29)45-35/h1-23H. The number of para-hydroxylation sites is 3. The Morgan fingerprint density at radius 2 is 0.851 bits per heavy atom. The van der Waals surface area contributed by atoms with Crippen molar-refractivity contribution in [3.63, 3.8) is 0 Å². The van der Waals surface area contributed by atoms with E-state index in [-0.39, 0.29) is 0 Å². The van der Waals surface area contributed by atoms with Gasteiger partial charge in [0.15, 0.2) is 23.0 Å². The Hall–Kier alpha value is -6.46. The first-order chi connectivity index (χ1) is 23.3. The number of furan rings is 2. The van der Waals surface area contributed by atoms with Gasteiger partial charge in [-0.1, -0.05) is 78.9 Å². The molecule has 0 amide bonds. The smallest absolute Gasteiger partial charge is 0.155 e. The maximum absolute atomic E-state index is 6.60. The molecule has 9 aromatic rings. The Balaban J connectivity index is 1.08. The van der Waals surface area contributed by atoms with Gasteiger partial charge in [0.2, 0.25) is 0 Å². The number of benzene rings is 7. The van der Waals surface area contributed by atoms with E-state index in [1.54, 1.807) is 0 Å². The molecule has 0 spiro atoms. The summed E-state index contributed by atoms with van der Waals surface area (Å²) in [5.41, 5.74) is 10.6. The molecule has 2 aliphatic heterocycles. The van der Waals surface area contributed by atoms with E-state index >= 15 is 0 Å². The van der Waals surface area contributed by atoms with Crippen LogP contribution in [0.25, 0.3) is 66.1 Å². The van der Waals surface area contributed by atoms with Crippen molar-refractivity contribution < 1.29 is 18.3 Å². The van der Waals surface area contributed by atoms with Crippen LogP contribution in [-0.4, -0.2) is 0 Å². The van der Waals surface area contributed by atoms with Gasteiger partial charge in [0.05, 0.1) is 11.4 Å². The maximum Gasteiger partial charge on any atom is 0.155 e. The van der Waals surface area contributed by atoms with Crippen LogP contribution < -0.4 is 14.4 Å². The molecule has 0 saturated carbocycles. The van der Waals surface area contributed by atoms with Gasteiger partial charge in [0.25, 0.3) is 0 Å². The van der Waals surface area contributed by atoms with Crippen molar-refractivity contribution in [1.29, 1.82) is 0 Å². The molecule has 4 heterocycles. The normalized spacial score (nSPS) is 13.0. The molecule has 47 heavy (non-hydrogen) atoms. The number of fused-ring (bicyclic) bond motifs is 10. The molecule has 0 bridgehead atoms. The molecular formula is C42H23NO4. The highest BCUT2D eigenvalue weighted by Gasteiger charge is 2.35. The average molecular weight is 606 g/mol. The number of nitrogens with zero attached hydrogens (tertiary/aromatic N) is 1. The van der Waals surface area contributed by atoms with E-state index in [0.29, 0.717) is 0 Å². The molecule has 220 valence electrons. The summed E-state index contributed by atoms with van der Waals surface area (Å²) < 4.78 is 25.6. The first kappa shape index (κ1) is 24.8. The third-order valence-electron chi connectivity index (χ3n) is 9.45. The molecule has 11 rings (SSSR count). The predicted molar refractivity (Wildman–Crippen MR) is 187 cm³/mol. The van der Waals surface area contributed by atoms with Crippen LogP contribution in [0.5, 0.6) is 23.0 Å². The van der Waals surface area contributed by atoms with E-state index < -0.39 is 0 Å². The van der Waals surface area contributed by atoms with E-state index in [0.717, 1.165) is 106 Å². The SMILES string of the molecule is c1cc2c3c(c1)Oc1cc(-c4cccc5oc6ccccc6c45)ccc1N3c1ccc(-c3cccc4oc5ccccc5c34)cc1O2. The first-order valence-corrected chi connectivity index (χ1v) is 15.7. The highest BCUT2D eigenvalue weighted by Crippen LogP contribution is 2.60. The fraction of sp³-hybridized carbons (Fsp3) is 0. The Labute approximate surface area is 268 Å². The number of hydrogen-bond acceptors (Lipinski definition) is 5. The minimum atomic E-state index is 0.753. The van der Waals surface area contributed by atoms with Gasteiger partial charge in [0, 0.05) is 21.5 Å². The summed E-state index contributed by atoms with van der Waals surface area (Å²) in [5, 5.41) is 4.41. The van der Waals surface area contributed by atoms with Crippen LogP contribution in [0.3, 0.4) is 0 Å². The van der Waals surface area contributed by atoms with Gasteiger partial charge in [0.1, 0.15) is 28.0 Å². The number of ether oxygens (including phenoxy) is 2. The zero-order valence-corrected chi connectivity index (χ0v) is 24.9. The largest absolute Gasteiger partial charge is 0.456 e. The lowest BCUT2D eigenvalue weighted by Crippen LogP contribution is -2.20. The van der Waals surface area contributed by atoms with Gasteiger partial charge in [-0.15, -0.1) is 0 Å². The summed E-state index contributed by atoms with van der Waals surface area (Å²) in [6, 6.07) is 47.7. The van der Waals surface area contributed by atoms with Crippen molar-refractivity contribution in [2.24, 2.45) is 0 Å². The summed E-state index contributed by atoms with van der Waals surface area (Å²) in [4.78, 5) is 2.26. The fourth-order valence-corrected chi connectivity index (χ4v) is 7.42. The Bertz CT molecular complexity index is 2580. The molecule has 0 radical (unpaired) electrons. The molecule has 0 N–H and O–H groups in total. The lowest BCUT2D eigenvalue weighted by molar-refractivity contribution is 0.446. The van der Waals surface area contributed by atoms with Crippen molar-refractivity contribution in [1.82, 2.24) is 0 Å². The molecule has 0 aliphatic carbocycles. The van der Waals surface area contributed by atoms with Crippen LogP contribution in [0.2, 0.25) is 0 Å². The first-order valence-electron chi connectivity index (χ1n) is 15.7. The maximum atomic E-state index is 6.60. The van der Waals surface area contributed by atoms with Crippen LogP contribution in [-0.2, 0) is 0 Å². The third-order valence-corrected chi connectivity index (χ3v) is 9.45.